The Labute approximate surface area is 358 Å². The SMILES string of the molecule is c1ccc(-c2nc(-c3ccc(-c4ccc(-c5cccc6c5-c5ccccc5C65c6ccccc6-c6ccccc65)cc4)cc3)nc(-c3ccc4c(c3)oc3ccccc34)n2)cc1. The van der Waals surface area contributed by atoms with Gasteiger partial charge in [0.25, 0.3) is 0 Å². The average molecular weight is 790 g/mol. The number of fused-ring (bicyclic) bond motifs is 13. The number of hydrogen-bond donors (Lipinski definition) is 0. The molecular formula is C58H35N3O. The minimum absolute atomic E-state index is 0.361. The van der Waals surface area contributed by atoms with Crippen molar-refractivity contribution in [3.05, 3.63) is 235 Å². The molecule has 0 saturated heterocycles. The minimum atomic E-state index is -0.361. The largest absolute Gasteiger partial charge is 0.456 e. The third kappa shape index (κ3) is 5.04. The lowest BCUT2D eigenvalue weighted by Gasteiger charge is -2.30. The van der Waals surface area contributed by atoms with Crippen molar-refractivity contribution < 1.29 is 4.42 Å². The molecule has 2 heterocycles. The summed E-state index contributed by atoms with van der Waals surface area (Å²) in [4.78, 5) is 15.0. The summed E-state index contributed by atoms with van der Waals surface area (Å²) in [6.07, 6.45) is 0. The molecule has 0 atom stereocenters. The number of para-hydroxylation sites is 1. The summed E-state index contributed by atoms with van der Waals surface area (Å²) >= 11 is 0. The molecule has 288 valence electrons. The number of benzene rings is 9. The zero-order chi connectivity index (χ0) is 40.8. The summed E-state index contributed by atoms with van der Waals surface area (Å²) in [6.45, 7) is 0. The van der Waals surface area contributed by atoms with E-state index in [2.05, 4.69) is 158 Å². The van der Waals surface area contributed by atoms with E-state index in [0.29, 0.717) is 17.5 Å². The number of aromatic nitrogens is 3. The van der Waals surface area contributed by atoms with Crippen LogP contribution in [0.1, 0.15) is 22.3 Å². The monoisotopic (exact) mass is 789 g/mol. The summed E-state index contributed by atoms with van der Waals surface area (Å²) in [5, 5.41) is 2.16. The van der Waals surface area contributed by atoms with E-state index < -0.39 is 0 Å². The van der Waals surface area contributed by atoms with Crippen LogP contribution in [0.25, 0.3) is 101 Å². The van der Waals surface area contributed by atoms with E-state index in [1.165, 1.54) is 55.6 Å². The highest BCUT2D eigenvalue weighted by Gasteiger charge is 2.51. The quantitative estimate of drug-likeness (QED) is 0.174. The molecule has 13 rings (SSSR count). The fraction of sp³-hybridized carbons (Fsp3) is 0.0172. The molecule has 0 amide bonds. The van der Waals surface area contributed by atoms with Crippen molar-refractivity contribution in [2.45, 2.75) is 5.41 Å². The molecule has 2 aliphatic carbocycles. The zero-order valence-electron chi connectivity index (χ0n) is 33.5. The van der Waals surface area contributed by atoms with E-state index in [1.54, 1.807) is 0 Å². The smallest absolute Gasteiger partial charge is 0.164 e. The molecule has 4 heteroatoms. The molecule has 0 bridgehead atoms. The maximum Gasteiger partial charge on any atom is 0.164 e. The molecule has 62 heavy (non-hydrogen) atoms. The molecule has 0 saturated carbocycles. The van der Waals surface area contributed by atoms with Crippen LogP contribution >= 0.6 is 0 Å². The second-order valence-corrected chi connectivity index (χ2v) is 16.3. The van der Waals surface area contributed by atoms with Crippen molar-refractivity contribution in [3.8, 4) is 78.7 Å². The van der Waals surface area contributed by atoms with Crippen LogP contribution in [-0.2, 0) is 5.41 Å². The second-order valence-electron chi connectivity index (χ2n) is 16.3. The molecule has 2 aromatic heterocycles. The Morgan fingerprint density at radius 1 is 0.290 bits per heavy atom. The van der Waals surface area contributed by atoms with Gasteiger partial charge in [-0.25, -0.2) is 15.0 Å². The summed E-state index contributed by atoms with van der Waals surface area (Å²) in [7, 11) is 0. The standard InChI is InChI=1S/C58H35N3O/c1-2-13-39(14-3-1)55-59-56(61-57(60-55)41-33-34-46-45-17-7-11-24-52(45)62-53(46)35-41)40-31-27-37(28-32-40)36-25-29-38(30-26-36)42-19-12-23-51-54(42)47-18-6-10-22-50(47)58(51)48-20-8-4-15-43(48)44-16-5-9-21-49(44)58/h1-35H. The number of hydrogen-bond acceptors (Lipinski definition) is 4. The van der Waals surface area contributed by atoms with E-state index in [-0.39, 0.29) is 5.41 Å². The summed E-state index contributed by atoms with van der Waals surface area (Å²) in [5.74, 6) is 1.83. The molecular weight excluding hydrogens is 755 g/mol. The molecule has 1 spiro atoms. The van der Waals surface area contributed by atoms with Crippen LogP contribution in [0.3, 0.4) is 0 Å². The van der Waals surface area contributed by atoms with Gasteiger partial charge in [-0.15, -0.1) is 0 Å². The van der Waals surface area contributed by atoms with Crippen molar-refractivity contribution in [3.63, 3.8) is 0 Å². The van der Waals surface area contributed by atoms with Gasteiger partial charge in [0.15, 0.2) is 17.5 Å². The van der Waals surface area contributed by atoms with Crippen LogP contribution < -0.4 is 0 Å². The Kier molecular flexibility index (Phi) is 7.49. The van der Waals surface area contributed by atoms with Gasteiger partial charge in [0.1, 0.15) is 11.2 Å². The average Bonchev–Trinajstić information content (AvgIpc) is 3.98. The number of rotatable bonds is 5. The maximum atomic E-state index is 6.24. The first-order valence-corrected chi connectivity index (χ1v) is 21.1. The van der Waals surface area contributed by atoms with Gasteiger partial charge in [0.05, 0.1) is 5.41 Å². The summed E-state index contributed by atoms with van der Waals surface area (Å²) in [5.41, 5.74) is 19.4. The van der Waals surface area contributed by atoms with E-state index in [1.807, 2.05) is 54.6 Å². The maximum absolute atomic E-state index is 6.24. The van der Waals surface area contributed by atoms with E-state index >= 15 is 0 Å². The van der Waals surface area contributed by atoms with E-state index in [4.69, 9.17) is 19.4 Å². The van der Waals surface area contributed by atoms with Crippen molar-refractivity contribution in [1.82, 2.24) is 15.0 Å². The van der Waals surface area contributed by atoms with Gasteiger partial charge < -0.3 is 4.42 Å². The molecule has 0 fully saturated rings. The van der Waals surface area contributed by atoms with Crippen LogP contribution in [0.2, 0.25) is 0 Å². The molecule has 2 aliphatic rings. The van der Waals surface area contributed by atoms with Gasteiger partial charge in [-0.3, -0.25) is 0 Å². The van der Waals surface area contributed by atoms with Gasteiger partial charge in [-0.05, 0) is 85.0 Å². The predicted octanol–water partition coefficient (Wildman–Crippen LogP) is 14.4. The van der Waals surface area contributed by atoms with Gasteiger partial charge in [0, 0.05) is 27.5 Å². The third-order valence-corrected chi connectivity index (χ3v) is 13.0. The normalized spacial score (nSPS) is 13.0. The highest BCUT2D eigenvalue weighted by molar-refractivity contribution is 6.06. The summed E-state index contributed by atoms with van der Waals surface area (Å²) in [6, 6.07) is 75.8. The van der Waals surface area contributed by atoms with Crippen molar-refractivity contribution >= 4 is 21.9 Å². The Hall–Kier alpha value is -8.21. The fourth-order valence-corrected chi connectivity index (χ4v) is 10.3. The van der Waals surface area contributed by atoms with Gasteiger partial charge >= 0.3 is 0 Å². The van der Waals surface area contributed by atoms with Crippen molar-refractivity contribution in [2.75, 3.05) is 0 Å². The van der Waals surface area contributed by atoms with Crippen LogP contribution in [-0.4, -0.2) is 15.0 Å². The molecule has 0 unspecified atom stereocenters. The number of furan rings is 1. The Morgan fingerprint density at radius 2 is 0.742 bits per heavy atom. The molecule has 0 aliphatic heterocycles. The highest BCUT2D eigenvalue weighted by Crippen LogP contribution is 2.63. The lowest BCUT2D eigenvalue weighted by atomic mass is 9.70. The van der Waals surface area contributed by atoms with Crippen molar-refractivity contribution in [1.29, 1.82) is 0 Å². The second kappa shape index (κ2) is 13.4. The Balaban J connectivity index is 0.864. The van der Waals surface area contributed by atoms with Crippen LogP contribution in [0.4, 0.5) is 0 Å². The van der Waals surface area contributed by atoms with Gasteiger partial charge in [0.2, 0.25) is 0 Å². The van der Waals surface area contributed by atoms with Gasteiger partial charge in [-0.2, -0.15) is 0 Å². The molecule has 9 aromatic carbocycles. The third-order valence-electron chi connectivity index (χ3n) is 13.0. The minimum Gasteiger partial charge on any atom is -0.456 e. The zero-order valence-corrected chi connectivity index (χ0v) is 33.5. The lowest BCUT2D eigenvalue weighted by Crippen LogP contribution is -2.25. The van der Waals surface area contributed by atoms with E-state index in [0.717, 1.165) is 49.8 Å². The summed E-state index contributed by atoms with van der Waals surface area (Å²) < 4.78 is 6.24. The molecule has 4 nitrogen and oxygen atoms in total. The van der Waals surface area contributed by atoms with Gasteiger partial charge in [-0.1, -0.05) is 194 Å². The molecule has 11 aromatic rings. The van der Waals surface area contributed by atoms with Crippen molar-refractivity contribution in [2.24, 2.45) is 0 Å². The predicted molar refractivity (Wildman–Crippen MR) is 251 cm³/mol. The number of nitrogens with zero attached hydrogens (tertiary/aromatic N) is 3. The topological polar surface area (TPSA) is 51.8 Å². The first-order chi connectivity index (χ1) is 30.7. The van der Waals surface area contributed by atoms with Crippen LogP contribution in [0.5, 0.6) is 0 Å². The Bertz CT molecular complexity index is 3520. The molecule has 0 radical (unpaired) electrons. The highest BCUT2D eigenvalue weighted by atomic mass is 16.3. The van der Waals surface area contributed by atoms with Crippen LogP contribution in [0, 0.1) is 0 Å². The Morgan fingerprint density at radius 3 is 1.42 bits per heavy atom. The lowest BCUT2D eigenvalue weighted by molar-refractivity contribution is 0.669. The van der Waals surface area contributed by atoms with E-state index in [9.17, 15) is 0 Å². The molecule has 0 N–H and O–H groups in total. The first-order valence-electron chi connectivity index (χ1n) is 21.1. The fourth-order valence-electron chi connectivity index (χ4n) is 10.3. The van der Waals surface area contributed by atoms with Crippen LogP contribution in [0.15, 0.2) is 217 Å². The first kappa shape index (κ1) is 34.6.